The molecule has 9 nitrogen and oxygen atoms in total. The maximum absolute atomic E-state index is 12.9. The van der Waals surface area contributed by atoms with Crippen molar-refractivity contribution in [3.05, 3.63) is 71.5 Å². The van der Waals surface area contributed by atoms with Gasteiger partial charge < -0.3 is 20.5 Å². The molecule has 1 aliphatic carbocycles. The van der Waals surface area contributed by atoms with Crippen LogP contribution in [0.1, 0.15) is 41.4 Å². The highest BCUT2D eigenvalue weighted by Gasteiger charge is 2.31. The van der Waals surface area contributed by atoms with Gasteiger partial charge in [0, 0.05) is 19.2 Å². The van der Waals surface area contributed by atoms with Crippen LogP contribution in [-0.2, 0) is 16.6 Å². The maximum Gasteiger partial charge on any atom is 0.407 e. The van der Waals surface area contributed by atoms with E-state index in [9.17, 15) is 19.5 Å². The number of ether oxygens (including phenoxy) is 1. The third kappa shape index (κ3) is 4.50. The van der Waals surface area contributed by atoms with E-state index in [1.54, 1.807) is 20.9 Å². The van der Waals surface area contributed by atoms with Crippen molar-refractivity contribution in [2.75, 3.05) is 11.9 Å². The molecular formula is C25H26N4O5. The average molecular weight is 463 g/mol. The zero-order valence-corrected chi connectivity index (χ0v) is 19.1. The van der Waals surface area contributed by atoms with Crippen molar-refractivity contribution >= 4 is 23.7 Å². The number of hydrogen-bond donors (Lipinski definition) is 3. The number of alkyl carbamates (subject to hydrolysis) is 1. The summed E-state index contributed by atoms with van der Waals surface area (Å²) in [4.78, 5) is 36.9. The maximum atomic E-state index is 12.9. The van der Waals surface area contributed by atoms with E-state index in [0.717, 1.165) is 22.3 Å². The Labute approximate surface area is 196 Å². The molecule has 0 saturated carbocycles. The summed E-state index contributed by atoms with van der Waals surface area (Å²) in [6.45, 7) is 3.67. The molecule has 0 fully saturated rings. The fourth-order valence-corrected chi connectivity index (χ4v) is 4.25. The highest BCUT2D eigenvalue weighted by atomic mass is 16.5. The fraction of sp³-hybridized carbons (Fsp3) is 0.280. The Morgan fingerprint density at radius 2 is 1.65 bits per heavy atom. The summed E-state index contributed by atoms with van der Waals surface area (Å²) < 4.78 is 6.84. The highest BCUT2D eigenvalue weighted by Crippen LogP contribution is 2.44. The Morgan fingerprint density at radius 1 is 1.06 bits per heavy atom. The molecule has 2 amide bonds. The number of carbonyl (C=O) groups is 3. The van der Waals surface area contributed by atoms with Gasteiger partial charge in [-0.15, -0.1) is 0 Å². The van der Waals surface area contributed by atoms with E-state index in [1.807, 2.05) is 36.4 Å². The molecule has 34 heavy (non-hydrogen) atoms. The van der Waals surface area contributed by atoms with Gasteiger partial charge >= 0.3 is 12.1 Å². The van der Waals surface area contributed by atoms with Gasteiger partial charge in [0.2, 0.25) is 5.91 Å². The number of aryl methyl sites for hydroxylation is 1. The molecule has 3 aromatic rings. The van der Waals surface area contributed by atoms with Crippen LogP contribution in [0.3, 0.4) is 0 Å². The summed E-state index contributed by atoms with van der Waals surface area (Å²) in [5.41, 5.74) is 4.20. The largest absolute Gasteiger partial charge is 0.476 e. The van der Waals surface area contributed by atoms with Crippen molar-refractivity contribution in [1.29, 1.82) is 0 Å². The number of carboxylic acids is 1. The van der Waals surface area contributed by atoms with E-state index in [2.05, 4.69) is 27.9 Å². The third-order valence-electron chi connectivity index (χ3n) is 5.86. The Balaban J connectivity index is 1.43. The lowest BCUT2D eigenvalue weighted by atomic mass is 9.98. The molecule has 1 heterocycles. The number of carbonyl (C=O) groups excluding carboxylic acids is 2. The van der Waals surface area contributed by atoms with E-state index in [-0.39, 0.29) is 29.8 Å². The lowest BCUT2D eigenvalue weighted by Gasteiger charge is -2.22. The SMILES string of the molecule is CC(C)C(NC(=O)OCC1c2ccccc2-c2ccccc21)C(=O)Nc1cn(C)nc1C(=O)O. The second-order valence-corrected chi connectivity index (χ2v) is 8.55. The molecule has 2 aromatic carbocycles. The highest BCUT2D eigenvalue weighted by molar-refractivity contribution is 6.01. The second kappa shape index (κ2) is 9.38. The number of hydrogen-bond acceptors (Lipinski definition) is 5. The molecule has 1 aliphatic rings. The Kier molecular flexibility index (Phi) is 6.36. The molecule has 0 radical (unpaired) electrons. The van der Waals surface area contributed by atoms with Crippen molar-refractivity contribution in [3.63, 3.8) is 0 Å². The van der Waals surface area contributed by atoms with E-state index >= 15 is 0 Å². The predicted molar refractivity (Wildman–Crippen MR) is 126 cm³/mol. The van der Waals surface area contributed by atoms with Crippen LogP contribution in [0.5, 0.6) is 0 Å². The number of rotatable bonds is 7. The van der Waals surface area contributed by atoms with Crippen molar-refractivity contribution in [2.24, 2.45) is 13.0 Å². The van der Waals surface area contributed by atoms with Crippen LogP contribution in [0, 0.1) is 5.92 Å². The first-order chi connectivity index (χ1) is 16.3. The van der Waals surface area contributed by atoms with Gasteiger partial charge in [-0.1, -0.05) is 62.4 Å². The van der Waals surface area contributed by atoms with Crippen LogP contribution < -0.4 is 10.6 Å². The molecule has 3 N–H and O–H groups in total. The topological polar surface area (TPSA) is 123 Å². The number of benzene rings is 2. The number of amides is 2. The van der Waals surface area contributed by atoms with E-state index in [4.69, 9.17) is 4.74 Å². The predicted octanol–water partition coefficient (Wildman–Crippen LogP) is 3.62. The molecular weight excluding hydrogens is 436 g/mol. The molecule has 0 bridgehead atoms. The van der Waals surface area contributed by atoms with Crippen molar-refractivity contribution < 1.29 is 24.2 Å². The number of nitrogens with zero attached hydrogens (tertiary/aromatic N) is 2. The minimum absolute atomic E-state index is 0.0555. The van der Waals surface area contributed by atoms with Gasteiger partial charge in [0.25, 0.3) is 0 Å². The molecule has 0 spiro atoms. The molecule has 4 rings (SSSR count). The first-order valence-corrected chi connectivity index (χ1v) is 11.0. The molecule has 0 aliphatic heterocycles. The van der Waals surface area contributed by atoms with Crippen LogP contribution in [0.15, 0.2) is 54.7 Å². The number of aromatic nitrogens is 2. The summed E-state index contributed by atoms with van der Waals surface area (Å²) in [5, 5.41) is 18.3. The monoisotopic (exact) mass is 462 g/mol. The quantitative estimate of drug-likeness (QED) is 0.493. The van der Waals surface area contributed by atoms with Gasteiger partial charge in [-0.2, -0.15) is 5.10 Å². The molecule has 1 atom stereocenters. The van der Waals surface area contributed by atoms with E-state index < -0.39 is 24.0 Å². The minimum Gasteiger partial charge on any atom is -0.476 e. The molecule has 1 unspecified atom stereocenters. The molecule has 176 valence electrons. The fourth-order valence-electron chi connectivity index (χ4n) is 4.25. The smallest absolute Gasteiger partial charge is 0.407 e. The number of carboxylic acid groups (broad SMARTS) is 1. The number of anilines is 1. The van der Waals surface area contributed by atoms with Crippen LogP contribution in [-0.4, -0.2) is 45.5 Å². The standard InChI is InChI=1S/C25H26N4O5/c1-14(2)21(23(30)26-20-12-29(3)28-22(20)24(31)32)27-25(33)34-13-19-17-10-6-4-8-15(17)16-9-5-7-11-18(16)19/h4-12,14,19,21H,13H2,1-3H3,(H,26,30)(H,27,33)(H,31,32). The lowest BCUT2D eigenvalue weighted by Crippen LogP contribution is -2.47. The minimum atomic E-state index is -1.26. The Bertz CT molecular complexity index is 1200. The molecule has 1 aromatic heterocycles. The zero-order chi connectivity index (χ0) is 24.4. The summed E-state index contributed by atoms with van der Waals surface area (Å²) in [6.07, 6.45) is 0.673. The van der Waals surface area contributed by atoms with Crippen molar-refractivity contribution in [3.8, 4) is 11.1 Å². The summed E-state index contributed by atoms with van der Waals surface area (Å²) in [6, 6.07) is 15.1. The van der Waals surface area contributed by atoms with Gasteiger partial charge in [-0.25, -0.2) is 9.59 Å². The average Bonchev–Trinajstić information content (AvgIpc) is 3.33. The number of fused-ring (bicyclic) bond motifs is 3. The van der Waals surface area contributed by atoms with Crippen LogP contribution in [0.2, 0.25) is 0 Å². The van der Waals surface area contributed by atoms with Gasteiger partial charge in [0.15, 0.2) is 5.69 Å². The summed E-state index contributed by atoms with van der Waals surface area (Å²) >= 11 is 0. The van der Waals surface area contributed by atoms with Crippen molar-refractivity contribution in [2.45, 2.75) is 25.8 Å². The van der Waals surface area contributed by atoms with Crippen LogP contribution in [0.4, 0.5) is 10.5 Å². The first-order valence-electron chi connectivity index (χ1n) is 11.0. The van der Waals surface area contributed by atoms with Gasteiger partial charge in [0.1, 0.15) is 12.6 Å². The lowest BCUT2D eigenvalue weighted by molar-refractivity contribution is -0.119. The van der Waals surface area contributed by atoms with Crippen LogP contribution >= 0.6 is 0 Å². The summed E-state index contributed by atoms with van der Waals surface area (Å²) in [5.74, 6) is -2.19. The van der Waals surface area contributed by atoms with E-state index in [1.165, 1.54) is 10.9 Å². The zero-order valence-electron chi connectivity index (χ0n) is 19.1. The normalized spacial score (nSPS) is 13.2. The second-order valence-electron chi connectivity index (χ2n) is 8.55. The summed E-state index contributed by atoms with van der Waals surface area (Å²) in [7, 11) is 1.55. The van der Waals surface area contributed by atoms with Crippen LogP contribution in [0.25, 0.3) is 11.1 Å². The van der Waals surface area contributed by atoms with Gasteiger partial charge in [-0.05, 0) is 28.2 Å². The first kappa shape index (κ1) is 23.0. The third-order valence-corrected chi connectivity index (χ3v) is 5.86. The number of nitrogens with one attached hydrogen (secondary N) is 2. The Morgan fingerprint density at radius 3 is 2.21 bits per heavy atom. The van der Waals surface area contributed by atoms with E-state index in [0.29, 0.717) is 0 Å². The van der Waals surface area contributed by atoms with Gasteiger partial charge in [-0.3, -0.25) is 9.48 Å². The Hall–Kier alpha value is -4.14. The number of aromatic carboxylic acids is 1. The van der Waals surface area contributed by atoms with Crippen molar-refractivity contribution in [1.82, 2.24) is 15.1 Å². The molecule has 9 heteroatoms. The van der Waals surface area contributed by atoms with Gasteiger partial charge in [0.05, 0.1) is 5.69 Å². The molecule has 0 saturated heterocycles.